The molecule has 0 radical (unpaired) electrons. The number of benzene rings is 2. The van der Waals surface area contributed by atoms with E-state index in [-0.39, 0.29) is 0 Å². The molecule has 0 aliphatic carbocycles. The van der Waals surface area contributed by atoms with E-state index in [2.05, 4.69) is 46.5 Å². The van der Waals surface area contributed by atoms with Gasteiger partial charge in [-0.25, -0.2) is 4.68 Å². The quantitative estimate of drug-likeness (QED) is 0.548. The maximum Gasteiger partial charge on any atom is 0.115 e. The van der Waals surface area contributed by atoms with E-state index >= 15 is 0 Å². The lowest BCUT2D eigenvalue weighted by atomic mass is 10.1. The summed E-state index contributed by atoms with van der Waals surface area (Å²) in [6, 6.07) is 16.0. The van der Waals surface area contributed by atoms with Crippen LogP contribution in [0.1, 0.15) is 5.56 Å². The second-order valence-electron chi connectivity index (χ2n) is 5.37. The molecule has 4 aromatic rings. The molecule has 4 nitrogen and oxygen atoms in total. The summed E-state index contributed by atoms with van der Waals surface area (Å²) in [4.78, 5) is 0. The number of nitrogens with zero attached hydrogens (tertiary/aromatic N) is 4. The summed E-state index contributed by atoms with van der Waals surface area (Å²) in [6.07, 6.45) is 3.41. The Morgan fingerprint density at radius 2 is 1.65 bits per heavy atom. The van der Waals surface area contributed by atoms with E-state index in [1.165, 1.54) is 5.56 Å². The summed E-state index contributed by atoms with van der Waals surface area (Å²) < 4.78 is 1.86. The van der Waals surface area contributed by atoms with Crippen LogP contribution in [-0.4, -0.2) is 20.0 Å². The molecule has 2 heterocycles. The van der Waals surface area contributed by atoms with Crippen molar-refractivity contribution in [1.82, 2.24) is 20.0 Å². The van der Waals surface area contributed by atoms with Gasteiger partial charge in [-0.15, -0.1) is 0 Å². The van der Waals surface area contributed by atoms with Crippen LogP contribution in [0.15, 0.2) is 60.9 Å². The largest absolute Gasteiger partial charge is 0.230 e. The second-order valence-corrected chi connectivity index (χ2v) is 5.77. The van der Waals surface area contributed by atoms with E-state index in [0.29, 0.717) is 5.02 Å². The first-order valence-electron chi connectivity index (χ1n) is 7.25. The Labute approximate surface area is 138 Å². The average Bonchev–Trinajstić information content (AvgIpc) is 2.95. The van der Waals surface area contributed by atoms with Gasteiger partial charge in [-0.05, 0) is 19.1 Å². The minimum absolute atomic E-state index is 0.648. The number of para-hydroxylation sites is 1. The molecule has 0 spiro atoms. The molecule has 0 unspecified atom stereocenters. The highest BCUT2D eigenvalue weighted by Gasteiger charge is 2.16. The zero-order valence-corrected chi connectivity index (χ0v) is 13.2. The summed E-state index contributed by atoms with van der Waals surface area (Å²) in [5.41, 5.74) is 4.85. The highest BCUT2D eigenvalue weighted by atomic mass is 35.5. The number of hydrogen-bond donors (Lipinski definition) is 0. The molecule has 0 aliphatic rings. The van der Waals surface area contributed by atoms with Crippen LogP contribution in [-0.2, 0) is 0 Å². The molecule has 0 bridgehead atoms. The minimum atomic E-state index is 0.648. The number of aromatic nitrogens is 4. The van der Waals surface area contributed by atoms with Gasteiger partial charge >= 0.3 is 0 Å². The smallest absolute Gasteiger partial charge is 0.115 e. The molecular weight excluding hydrogens is 308 g/mol. The van der Waals surface area contributed by atoms with Crippen molar-refractivity contribution in [3.63, 3.8) is 0 Å². The lowest BCUT2D eigenvalue weighted by Crippen LogP contribution is -1.99. The van der Waals surface area contributed by atoms with E-state index < -0.39 is 0 Å². The first-order valence-corrected chi connectivity index (χ1v) is 7.63. The lowest BCUT2D eigenvalue weighted by Gasteiger charge is -2.10. The first-order chi connectivity index (χ1) is 11.2. The maximum atomic E-state index is 6.38. The predicted molar refractivity (Wildman–Crippen MR) is 91.8 cm³/mol. The molecule has 0 saturated carbocycles. The van der Waals surface area contributed by atoms with Gasteiger partial charge < -0.3 is 0 Å². The SMILES string of the molecule is Cc1ccc(-c2c3cnncc3nn2-c2ccccc2Cl)cc1. The summed E-state index contributed by atoms with van der Waals surface area (Å²) in [6.45, 7) is 2.07. The molecule has 112 valence electrons. The van der Waals surface area contributed by atoms with E-state index in [4.69, 9.17) is 11.6 Å². The molecule has 0 amide bonds. The van der Waals surface area contributed by atoms with Crippen LogP contribution in [0.25, 0.3) is 27.8 Å². The molecule has 2 aromatic carbocycles. The molecule has 0 fully saturated rings. The number of fused-ring (bicyclic) bond motifs is 1. The third kappa shape index (κ3) is 2.37. The van der Waals surface area contributed by atoms with Gasteiger partial charge in [0.15, 0.2) is 0 Å². The van der Waals surface area contributed by atoms with E-state index in [1.54, 1.807) is 12.4 Å². The fourth-order valence-corrected chi connectivity index (χ4v) is 2.85. The summed E-state index contributed by atoms with van der Waals surface area (Å²) in [5, 5.41) is 14.2. The maximum absolute atomic E-state index is 6.38. The van der Waals surface area contributed by atoms with Gasteiger partial charge in [0.1, 0.15) is 5.52 Å². The van der Waals surface area contributed by atoms with Crippen LogP contribution in [0, 0.1) is 6.92 Å². The van der Waals surface area contributed by atoms with Gasteiger partial charge in [0, 0.05) is 5.56 Å². The van der Waals surface area contributed by atoms with Gasteiger partial charge in [-0.1, -0.05) is 53.6 Å². The van der Waals surface area contributed by atoms with Crippen LogP contribution in [0.2, 0.25) is 5.02 Å². The second kappa shape index (κ2) is 5.48. The number of rotatable bonds is 2. The third-order valence-corrected chi connectivity index (χ3v) is 4.11. The van der Waals surface area contributed by atoms with Crippen molar-refractivity contribution in [2.75, 3.05) is 0 Å². The van der Waals surface area contributed by atoms with E-state index in [0.717, 1.165) is 27.8 Å². The molecule has 0 saturated heterocycles. The minimum Gasteiger partial charge on any atom is -0.230 e. The van der Waals surface area contributed by atoms with Gasteiger partial charge in [0.25, 0.3) is 0 Å². The standard InChI is InChI=1S/C18H13ClN4/c1-12-6-8-13(9-7-12)18-14-10-20-21-11-16(14)22-23(18)17-5-3-2-4-15(17)19/h2-11H,1H3. The summed E-state index contributed by atoms with van der Waals surface area (Å²) in [5.74, 6) is 0. The lowest BCUT2D eigenvalue weighted by molar-refractivity contribution is 0.902. The molecule has 5 heteroatoms. The molecule has 2 aromatic heterocycles. The van der Waals surface area contributed by atoms with Crippen molar-refractivity contribution >= 4 is 22.5 Å². The summed E-state index contributed by atoms with van der Waals surface area (Å²) >= 11 is 6.38. The van der Waals surface area contributed by atoms with Gasteiger partial charge in [-0.3, -0.25) is 0 Å². The fourth-order valence-electron chi connectivity index (χ4n) is 2.64. The first kappa shape index (κ1) is 13.9. The Bertz CT molecular complexity index is 990. The van der Waals surface area contributed by atoms with Crippen molar-refractivity contribution in [1.29, 1.82) is 0 Å². The van der Waals surface area contributed by atoms with Crippen molar-refractivity contribution < 1.29 is 0 Å². The van der Waals surface area contributed by atoms with Crippen LogP contribution in [0.5, 0.6) is 0 Å². The molecule has 0 atom stereocenters. The van der Waals surface area contributed by atoms with Crippen molar-refractivity contribution in [3.8, 4) is 16.9 Å². The van der Waals surface area contributed by atoms with E-state index in [1.807, 2.05) is 28.9 Å². The Balaban J connectivity index is 2.06. The van der Waals surface area contributed by atoms with Crippen molar-refractivity contribution in [2.24, 2.45) is 0 Å². The summed E-state index contributed by atoms with van der Waals surface area (Å²) in [7, 11) is 0. The Kier molecular flexibility index (Phi) is 3.32. The predicted octanol–water partition coefficient (Wildman–Crippen LogP) is 4.44. The molecule has 0 aliphatic heterocycles. The van der Waals surface area contributed by atoms with Crippen LogP contribution in [0.3, 0.4) is 0 Å². The number of aryl methyl sites for hydroxylation is 1. The monoisotopic (exact) mass is 320 g/mol. The molecule has 4 rings (SSSR count). The molecule has 23 heavy (non-hydrogen) atoms. The van der Waals surface area contributed by atoms with Crippen LogP contribution >= 0.6 is 11.6 Å². The number of hydrogen-bond acceptors (Lipinski definition) is 3. The van der Waals surface area contributed by atoms with Crippen LogP contribution in [0.4, 0.5) is 0 Å². The Morgan fingerprint density at radius 3 is 2.43 bits per heavy atom. The van der Waals surface area contributed by atoms with Crippen LogP contribution < -0.4 is 0 Å². The Hall–Kier alpha value is -2.72. The zero-order chi connectivity index (χ0) is 15.8. The highest BCUT2D eigenvalue weighted by molar-refractivity contribution is 6.32. The van der Waals surface area contributed by atoms with Gasteiger partial charge in [-0.2, -0.15) is 15.3 Å². The van der Waals surface area contributed by atoms with Crippen molar-refractivity contribution in [2.45, 2.75) is 6.92 Å². The third-order valence-electron chi connectivity index (χ3n) is 3.79. The zero-order valence-electron chi connectivity index (χ0n) is 12.4. The highest BCUT2D eigenvalue weighted by Crippen LogP contribution is 2.32. The van der Waals surface area contributed by atoms with Crippen molar-refractivity contribution in [3.05, 3.63) is 71.5 Å². The topological polar surface area (TPSA) is 43.6 Å². The van der Waals surface area contributed by atoms with Gasteiger partial charge in [0.05, 0.1) is 34.2 Å². The average molecular weight is 321 g/mol. The normalized spacial score (nSPS) is 11.0. The number of halogens is 1. The van der Waals surface area contributed by atoms with E-state index in [9.17, 15) is 0 Å². The van der Waals surface area contributed by atoms with Gasteiger partial charge in [0.2, 0.25) is 0 Å². The molecule has 0 N–H and O–H groups in total. The molecular formula is C18H13ClN4. The fraction of sp³-hybridized carbons (Fsp3) is 0.0556. The Morgan fingerprint density at radius 1 is 0.913 bits per heavy atom.